The maximum Gasteiger partial charge on any atom is 0.359 e. The molecular formula is C25H24O5. The fraction of sp³-hybridized carbons (Fsp3) is 0.200. The van der Waals surface area contributed by atoms with Crippen molar-refractivity contribution in [2.24, 2.45) is 0 Å². The van der Waals surface area contributed by atoms with E-state index < -0.39 is 18.0 Å². The van der Waals surface area contributed by atoms with Crippen molar-refractivity contribution in [3.05, 3.63) is 102 Å². The summed E-state index contributed by atoms with van der Waals surface area (Å²) < 4.78 is 16.3. The topological polar surface area (TPSA) is 61.8 Å². The minimum atomic E-state index is -1.51. The normalized spacial score (nSPS) is 10.5. The highest BCUT2D eigenvalue weighted by Gasteiger charge is 2.32. The van der Waals surface area contributed by atoms with Gasteiger partial charge in [-0.25, -0.2) is 9.59 Å². The molecule has 0 radical (unpaired) electrons. The number of benzene rings is 3. The molecule has 5 nitrogen and oxygen atoms in total. The SMILES string of the molecule is CCc1ccc(OC(C(=O)OCc2ccccc2)C(=O)OCc2ccccc2)cc1. The van der Waals surface area contributed by atoms with E-state index in [1.54, 1.807) is 12.1 Å². The molecule has 0 spiro atoms. The molecule has 0 aromatic heterocycles. The van der Waals surface area contributed by atoms with E-state index in [9.17, 15) is 9.59 Å². The molecule has 0 aliphatic carbocycles. The molecule has 154 valence electrons. The van der Waals surface area contributed by atoms with Crippen LogP contribution in [0.4, 0.5) is 0 Å². The van der Waals surface area contributed by atoms with E-state index in [1.807, 2.05) is 79.7 Å². The van der Waals surface area contributed by atoms with Gasteiger partial charge < -0.3 is 14.2 Å². The van der Waals surface area contributed by atoms with E-state index in [-0.39, 0.29) is 13.2 Å². The van der Waals surface area contributed by atoms with Crippen LogP contribution in [0.2, 0.25) is 0 Å². The molecule has 5 heteroatoms. The Balaban J connectivity index is 1.68. The average Bonchev–Trinajstić information content (AvgIpc) is 2.81. The van der Waals surface area contributed by atoms with E-state index in [2.05, 4.69) is 0 Å². The molecule has 3 aromatic carbocycles. The lowest BCUT2D eigenvalue weighted by molar-refractivity contribution is -0.168. The van der Waals surface area contributed by atoms with Crippen molar-refractivity contribution in [1.82, 2.24) is 0 Å². The minimum absolute atomic E-state index is 0.0419. The zero-order valence-electron chi connectivity index (χ0n) is 16.8. The smallest absolute Gasteiger partial charge is 0.359 e. The summed E-state index contributed by atoms with van der Waals surface area (Å²) in [5, 5.41) is 0. The Hall–Kier alpha value is -3.60. The quantitative estimate of drug-likeness (QED) is 0.389. The Morgan fingerprint density at radius 1 is 0.667 bits per heavy atom. The van der Waals surface area contributed by atoms with Crippen molar-refractivity contribution in [1.29, 1.82) is 0 Å². The largest absolute Gasteiger partial charge is 0.467 e. The van der Waals surface area contributed by atoms with Crippen LogP contribution < -0.4 is 4.74 Å². The van der Waals surface area contributed by atoms with Crippen LogP contribution in [-0.2, 0) is 38.7 Å². The Kier molecular flexibility index (Phi) is 7.61. The molecule has 0 saturated heterocycles. The predicted molar refractivity (Wildman–Crippen MR) is 113 cm³/mol. The number of hydrogen-bond acceptors (Lipinski definition) is 5. The first kappa shape index (κ1) is 21.1. The summed E-state index contributed by atoms with van der Waals surface area (Å²) in [7, 11) is 0. The van der Waals surface area contributed by atoms with Crippen molar-refractivity contribution in [2.45, 2.75) is 32.7 Å². The highest BCUT2D eigenvalue weighted by Crippen LogP contribution is 2.16. The van der Waals surface area contributed by atoms with Crippen LogP contribution in [0.5, 0.6) is 5.75 Å². The number of carbonyl (C=O) groups is 2. The first-order chi connectivity index (χ1) is 14.7. The second-order valence-corrected chi connectivity index (χ2v) is 6.68. The van der Waals surface area contributed by atoms with Crippen molar-refractivity contribution in [3.63, 3.8) is 0 Å². The van der Waals surface area contributed by atoms with Gasteiger partial charge in [-0.3, -0.25) is 0 Å². The first-order valence-electron chi connectivity index (χ1n) is 9.82. The zero-order chi connectivity index (χ0) is 21.2. The monoisotopic (exact) mass is 404 g/mol. The summed E-state index contributed by atoms with van der Waals surface area (Å²) in [4.78, 5) is 25.3. The summed E-state index contributed by atoms with van der Waals surface area (Å²) in [6.07, 6.45) is -0.632. The van der Waals surface area contributed by atoms with Crippen LogP contribution >= 0.6 is 0 Å². The molecule has 0 amide bonds. The van der Waals surface area contributed by atoms with Crippen molar-refractivity contribution < 1.29 is 23.8 Å². The molecule has 0 aliphatic rings. The molecule has 0 bridgehead atoms. The average molecular weight is 404 g/mol. The lowest BCUT2D eigenvalue weighted by Gasteiger charge is -2.17. The Bertz CT molecular complexity index is 881. The van der Waals surface area contributed by atoms with Gasteiger partial charge >= 0.3 is 11.9 Å². The summed E-state index contributed by atoms with van der Waals surface area (Å²) >= 11 is 0. The van der Waals surface area contributed by atoms with Crippen molar-refractivity contribution in [3.8, 4) is 5.75 Å². The lowest BCUT2D eigenvalue weighted by Crippen LogP contribution is -2.38. The molecule has 0 atom stereocenters. The molecule has 3 aromatic rings. The summed E-state index contributed by atoms with van der Waals surface area (Å²) in [6.45, 7) is 2.13. The third-order valence-electron chi connectivity index (χ3n) is 4.46. The van der Waals surface area contributed by atoms with Crippen LogP contribution in [-0.4, -0.2) is 18.0 Å². The minimum Gasteiger partial charge on any atom is -0.467 e. The highest BCUT2D eigenvalue weighted by molar-refractivity contribution is 5.98. The molecule has 0 N–H and O–H groups in total. The zero-order valence-corrected chi connectivity index (χ0v) is 16.8. The second-order valence-electron chi connectivity index (χ2n) is 6.68. The Morgan fingerprint density at radius 3 is 1.57 bits per heavy atom. The van der Waals surface area contributed by atoms with E-state index >= 15 is 0 Å². The number of carbonyl (C=O) groups excluding carboxylic acids is 2. The Morgan fingerprint density at radius 2 is 1.13 bits per heavy atom. The van der Waals surface area contributed by atoms with E-state index in [0.29, 0.717) is 5.75 Å². The molecular weight excluding hydrogens is 380 g/mol. The molecule has 3 rings (SSSR count). The van der Waals surface area contributed by atoms with Crippen LogP contribution in [0, 0.1) is 0 Å². The lowest BCUT2D eigenvalue weighted by atomic mass is 10.2. The number of ether oxygens (including phenoxy) is 3. The predicted octanol–water partition coefficient (Wildman–Crippen LogP) is 4.48. The maximum atomic E-state index is 12.6. The van der Waals surface area contributed by atoms with E-state index in [1.165, 1.54) is 0 Å². The van der Waals surface area contributed by atoms with Gasteiger partial charge in [0.2, 0.25) is 0 Å². The third kappa shape index (κ3) is 6.21. The molecule has 0 saturated carbocycles. The number of rotatable bonds is 9. The molecule has 0 heterocycles. The first-order valence-corrected chi connectivity index (χ1v) is 9.82. The van der Waals surface area contributed by atoms with Crippen LogP contribution in [0.3, 0.4) is 0 Å². The van der Waals surface area contributed by atoms with Gasteiger partial charge in [0.1, 0.15) is 19.0 Å². The molecule has 30 heavy (non-hydrogen) atoms. The van der Waals surface area contributed by atoms with Gasteiger partial charge in [-0.15, -0.1) is 0 Å². The fourth-order valence-corrected chi connectivity index (χ4v) is 2.74. The summed E-state index contributed by atoms with van der Waals surface area (Å²) in [6, 6.07) is 25.7. The summed E-state index contributed by atoms with van der Waals surface area (Å²) in [5.41, 5.74) is 2.75. The van der Waals surface area contributed by atoms with Gasteiger partial charge in [-0.2, -0.15) is 0 Å². The van der Waals surface area contributed by atoms with Gasteiger partial charge in [-0.05, 0) is 35.2 Å². The van der Waals surface area contributed by atoms with Crippen molar-refractivity contribution >= 4 is 11.9 Å². The van der Waals surface area contributed by atoms with Crippen molar-refractivity contribution in [2.75, 3.05) is 0 Å². The number of esters is 2. The van der Waals surface area contributed by atoms with E-state index in [0.717, 1.165) is 23.1 Å². The number of aryl methyl sites for hydroxylation is 1. The molecule has 0 aliphatic heterocycles. The van der Waals surface area contributed by atoms with Gasteiger partial charge in [0.15, 0.2) is 0 Å². The van der Waals surface area contributed by atoms with Gasteiger partial charge in [0.05, 0.1) is 0 Å². The number of hydrogen-bond donors (Lipinski definition) is 0. The highest BCUT2D eigenvalue weighted by atomic mass is 16.6. The van der Waals surface area contributed by atoms with Gasteiger partial charge in [0, 0.05) is 0 Å². The van der Waals surface area contributed by atoms with Crippen LogP contribution in [0.1, 0.15) is 23.6 Å². The van der Waals surface area contributed by atoms with Crippen LogP contribution in [0.15, 0.2) is 84.9 Å². The van der Waals surface area contributed by atoms with Gasteiger partial charge in [0.25, 0.3) is 6.10 Å². The third-order valence-corrected chi connectivity index (χ3v) is 4.46. The summed E-state index contributed by atoms with van der Waals surface area (Å²) in [5.74, 6) is -1.20. The Labute approximate surface area is 176 Å². The van der Waals surface area contributed by atoms with E-state index in [4.69, 9.17) is 14.2 Å². The molecule has 0 fully saturated rings. The fourth-order valence-electron chi connectivity index (χ4n) is 2.74. The second kappa shape index (κ2) is 10.8. The van der Waals surface area contributed by atoms with Crippen LogP contribution in [0.25, 0.3) is 0 Å². The van der Waals surface area contributed by atoms with Gasteiger partial charge in [-0.1, -0.05) is 79.7 Å². The maximum absolute atomic E-state index is 12.6. The molecule has 0 unspecified atom stereocenters. The standard InChI is InChI=1S/C25H24O5/c1-2-19-13-15-22(16-14-19)30-23(24(26)28-17-20-9-5-3-6-10-20)25(27)29-18-21-11-7-4-8-12-21/h3-16,23H,2,17-18H2,1H3.